The van der Waals surface area contributed by atoms with Gasteiger partial charge in [0.1, 0.15) is 5.75 Å². The molecule has 0 spiro atoms. The van der Waals surface area contributed by atoms with E-state index in [9.17, 15) is 0 Å². The van der Waals surface area contributed by atoms with E-state index in [4.69, 9.17) is 16.3 Å². The lowest BCUT2D eigenvalue weighted by Crippen LogP contribution is -2.44. The van der Waals surface area contributed by atoms with Gasteiger partial charge in [0.15, 0.2) is 5.96 Å². The van der Waals surface area contributed by atoms with Crippen molar-refractivity contribution >= 4 is 23.2 Å². The Bertz CT molecular complexity index is 749. The molecule has 3 rings (SSSR count). The van der Waals surface area contributed by atoms with Gasteiger partial charge in [0.25, 0.3) is 0 Å². The zero-order valence-electron chi connectivity index (χ0n) is 15.9. The summed E-state index contributed by atoms with van der Waals surface area (Å²) in [4.78, 5) is 11.0. The van der Waals surface area contributed by atoms with Crippen molar-refractivity contribution in [1.29, 1.82) is 0 Å². The average Bonchev–Trinajstić information content (AvgIpc) is 3.34. The fourth-order valence-electron chi connectivity index (χ4n) is 3.22. The number of aliphatic imine (C=N–C) groups is 1. The van der Waals surface area contributed by atoms with Crippen LogP contribution >= 0.6 is 11.6 Å². The minimum absolute atomic E-state index is 0.319. The third kappa shape index (κ3) is 5.29. The molecule has 0 amide bonds. The Kier molecular flexibility index (Phi) is 6.81. The van der Waals surface area contributed by atoms with E-state index in [1.165, 1.54) is 0 Å². The van der Waals surface area contributed by atoms with E-state index in [-0.39, 0.29) is 0 Å². The van der Waals surface area contributed by atoms with Crippen molar-refractivity contribution in [3.63, 3.8) is 0 Å². The Morgan fingerprint density at radius 2 is 2.33 bits per heavy atom. The van der Waals surface area contributed by atoms with E-state index in [1.54, 1.807) is 13.3 Å². The Balaban J connectivity index is 1.59. The second-order valence-corrected chi connectivity index (χ2v) is 6.89. The van der Waals surface area contributed by atoms with Crippen LogP contribution in [0.1, 0.15) is 13.3 Å². The predicted octanol–water partition coefficient (Wildman–Crippen LogP) is 2.38. The van der Waals surface area contributed by atoms with Crippen LogP contribution in [-0.4, -0.2) is 54.8 Å². The summed E-state index contributed by atoms with van der Waals surface area (Å²) in [7, 11) is 1.69. The number of methoxy groups -OCH3 is 1. The summed E-state index contributed by atoms with van der Waals surface area (Å²) < 4.78 is 7.52. The van der Waals surface area contributed by atoms with E-state index in [0.29, 0.717) is 12.6 Å². The summed E-state index contributed by atoms with van der Waals surface area (Å²) in [6.45, 7) is 6.24. The zero-order chi connectivity index (χ0) is 19.1. The smallest absolute Gasteiger partial charge is 0.191 e. The number of imidazole rings is 1. The summed E-state index contributed by atoms with van der Waals surface area (Å²) in [6.07, 6.45) is 6.57. The van der Waals surface area contributed by atoms with E-state index < -0.39 is 0 Å². The van der Waals surface area contributed by atoms with Crippen LogP contribution in [0.3, 0.4) is 0 Å². The molecule has 1 saturated heterocycles. The molecule has 2 aromatic rings. The molecule has 2 heterocycles. The number of anilines is 1. The van der Waals surface area contributed by atoms with Crippen LogP contribution in [0.25, 0.3) is 0 Å². The Morgan fingerprint density at radius 3 is 3.07 bits per heavy atom. The number of benzene rings is 1. The Labute approximate surface area is 165 Å². The largest absolute Gasteiger partial charge is 0.495 e. The standard InChI is InChI=1S/C19H27ClN6O/c1-3-22-19(23-8-11-25-10-7-21-14-25)24-16-6-9-26(13-16)17-12-15(20)4-5-18(17)27-2/h4-5,7,10,12,14,16H,3,6,8-9,11,13H2,1-2H3,(H2,22,23,24). The summed E-state index contributed by atoms with van der Waals surface area (Å²) in [5.41, 5.74) is 1.04. The van der Waals surface area contributed by atoms with Crippen LogP contribution in [0, 0.1) is 0 Å². The minimum atomic E-state index is 0.319. The van der Waals surface area contributed by atoms with Gasteiger partial charge >= 0.3 is 0 Å². The molecule has 8 heteroatoms. The first kappa shape index (κ1) is 19.4. The van der Waals surface area contributed by atoms with Crippen molar-refractivity contribution in [2.75, 3.05) is 38.2 Å². The highest BCUT2D eigenvalue weighted by Crippen LogP contribution is 2.33. The summed E-state index contributed by atoms with van der Waals surface area (Å²) in [6, 6.07) is 6.05. The Hall–Kier alpha value is -2.41. The lowest BCUT2D eigenvalue weighted by molar-refractivity contribution is 0.415. The van der Waals surface area contributed by atoms with Crippen molar-refractivity contribution in [3.8, 4) is 5.75 Å². The van der Waals surface area contributed by atoms with Gasteiger partial charge in [0.05, 0.1) is 25.7 Å². The molecule has 1 atom stereocenters. The molecule has 0 saturated carbocycles. The molecule has 7 nitrogen and oxygen atoms in total. The first-order valence-electron chi connectivity index (χ1n) is 9.28. The van der Waals surface area contributed by atoms with Crippen LogP contribution < -0.4 is 20.3 Å². The van der Waals surface area contributed by atoms with Crippen molar-refractivity contribution < 1.29 is 4.74 Å². The van der Waals surface area contributed by atoms with Crippen LogP contribution in [-0.2, 0) is 6.54 Å². The van der Waals surface area contributed by atoms with Gasteiger partial charge in [0.2, 0.25) is 0 Å². The number of hydrogen-bond acceptors (Lipinski definition) is 4. The van der Waals surface area contributed by atoms with E-state index >= 15 is 0 Å². The number of aromatic nitrogens is 2. The van der Waals surface area contributed by atoms with Gasteiger partial charge in [-0.1, -0.05) is 11.6 Å². The molecular formula is C19H27ClN6O. The number of nitrogens with one attached hydrogen (secondary N) is 2. The van der Waals surface area contributed by atoms with Crippen LogP contribution in [0.2, 0.25) is 5.02 Å². The number of hydrogen-bond donors (Lipinski definition) is 2. The number of ether oxygens (including phenoxy) is 1. The molecule has 1 aliphatic rings. The maximum absolute atomic E-state index is 6.18. The molecule has 146 valence electrons. The highest BCUT2D eigenvalue weighted by atomic mass is 35.5. The van der Waals surface area contributed by atoms with E-state index in [0.717, 1.165) is 55.0 Å². The minimum Gasteiger partial charge on any atom is -0.495 e. The molecule has 1 fully saturated rings. The Morgan fingerprint density at radius 1 is 1.44 bits per heavy atom. The molecule has 1 unspecified atom stereocenters. The first-order chi connectivity index (χ1) is 13.2. The van der Waals surface area contributed by atoms with Gasteiger partial charge in [-0.25, -0.2) is 4.98 Å². The quantitative estimate of drug-likeness (QED) is 0.561. The van der Waals surface area contributed by atoms with Gasteiger partial charge in [-0.2, -0.15) is 0 Å². The highest BCUT2D eigenvalue weighted by Gasteiger charge is 2.25. The molecule has 27 heavy (non-hydrogen) atoms. The molecule has 1 aromatic heterocycles. The molecular weight excluding hydrogens is 364 g/mol. The average molecular weight is 391 g/mol. The number of halogens is 1. The van der Waals surface area contributed by atoms with Gasteiger partial charge < -0.3 is 24.8 Å². The normalized spacial score (nSPS) is 17.2. The lowest BCUT2D eigenvalue weighted by atomic mass is 10.2. The van der Waals surface area contributed by atoms with Crippen molar-refractivity contribution in [2.24, 2.45) is 4.99 Å². The topological polar surface area (TPSA) is 66.7 Å². The first-order valence-corrected chi connectivity index (χ1v) is 9.66. The molecule has 0 bridgehead atoms. The van der Waals surface area contributed by atoms with E-state index in [1.807, 2.05) is 35.3 Å². The molecule has 1 aromatic carbocycles. The number of guanidine groups is 1. The zero-order valence-corrected chi connectivity index (χ0v) is 16.6. The monoisotopic (exact) mass is 390 g/mol. The second kappa shape index (κ2) is 9.50. The van der Waals surface area contributed by atoms with Crippen LogP contribution in [0.5, 0.6) is 5.75 Å². The fraction of sp³-hybridized carbons (Fsp3) is 0.474. The maximum atomic E-state index is 6.18. The van der Waals surface area contributed by atoms with Gasteiger partial charge in [-0.05, 0) is 31.5 Å². The predicted molar refractivity (Wildman–Crippen MR) is 110 cm³/mol. The van der Waals surface area contributed by atoms with Crippen molar-refractivity contribution in [3.05, 3.63) is 41.9 Å². The maximum Gasteiger partial charge on any atom is 0.191 e. The third-order valence-electron chi connectivity index (χ3n) is 4.54. The van der Waals surface area contributed by atoms with E-state index in [2.05, 4.69) is 32.4 Å². The van der Waals surface area contributed by atoms with Crippen molar-refractivity contribution in [2.45, 2.75) is 25.9 Å². The third-order valence-corrected chi connectivity index (χ3v) is 4.78. The molecule has 1 aliphatic heterocycles. The van der Waals surface area contributed by atoms with Crippen molar-refractivity contribution in [1.82, 2.24) is 20.2 Å². The molecule has 0 radical (unpaired) electrons. The van der Waals surface area contributed by atoms with Gasteiger partial charge in [-0.3, -0.25) is 4.99 Å². The number of nitrogens with zero attached hydrogens (tertiary/aromatic N) is 4. The van der Waals surface area contributed by atoms with Crippen LogP contribution in [0.15, 0.2) is 41.9 Å². The molecule has 2 N–H and O–H groups in total. The highest BCUT2D eigenvalue weighted by molar-refractivity contribution is 6.30. The summed E-state index contributed by atoms with van der Waals surface area (Å²) in [5.74, 6) is 1.70. The summed E-state index contributed by atoms with van der Waals surface area (Å²) >= 11 is 6.18. The lowest BCUT2D eigenvalue weighted by Gasteiger charge is -2.22. The van der Waals surface area contributed by atoms with Crippen LogP contribution in [0.4, 0.5) is 5.69 Å². The van der Waals surface area contributed by atoms with Gasteiger partial charge in [-0.15, -0.1) is 0 Å². The SMILES string of the molecule is CCNC(=NCCn1ccnc1)NC1CCN(c2cc(Cl)ccc2OC)C1. The van der Waals surface area contributed by atoms with Gasteiger partial charge in [0, 0.05) is 49.6 Å². The fourth-order valence-corrected chi connectivity index (χ4v) is 3.38. The second-order valence-electron chi connectivity index (χ2n) is 6.45. The number of rotatable bonds is 7. The summed E-state index contributed by atoms with van der Waals surface area (Å²) in [5, 5.41) is 7.59. The molecule has 0 aliphatic carbocycles.